The zero-order valence-corrected chi connectivity index (χ0v) is 16.2. The van der Waals surface area contributed by atoms with E-state index in [0.29, 0.717) is 25.7 Å². The number of ether oxygens (including phenoxy) is 2. The van der Waals surface area contributed by atoms with E-state index < -0.39 is 0 Å². The summed E-state index contributed by atoms with van der Waals surface area (Å²) < 4.78 is 17.0. The van der Waals surface area contributed by atoms with Crippen LogP contribution in [0.5, 0.6) is 11.5 Å². The molecule has 27 heavy (non-hydrogen) atoms. The summed E-state index contributed by atoms with van der Waals surface area (Å²) in [4.78, 5) is 4.75. The lowest BCUT2D eigenvalue weighted by Crippen LogP contribution is -2.40. The van der Waals surface area contributed by atoms with Crippen LogP contribution in [0.15, 0.2) is 46.0 Å². The van der Waals surface area contributed by atoms with Crippen LogP contribution in [0, 0.1) is 5.92 Å². The third-order valence-electron chi connectivity index (χ3n) is 4.18. The third kappa shape index (κ3) is 5.94. The van der Waals surface area contributed by atoms with Gasteiger partial charge in [0.1, 0.15) is 5.76 Å². The number of rotatable bonds is 7. The molecule has 0 bridgehead atoms. The Bertz CT molecular complexity index is 726. The van der Waals surface area contributed by atoms with Crippen LogP contribution in [0.1, 0.15) is 31.6 Å². The second kappa shape index (κ2) is 9.90. The van der Waals surface area contributed by atoms with E-state index in [-0.39, 0.29) is 0 Å². The van der Waals surface area contributed by atoms with Gasteiger partial charge in [-0.25, -0.2) is 4.99 Å². The van der Waals surface area contributed by atoms with E-state index in [1.807, 2.05) is 30.3 Å². The quantitative estimate of drug-likeness (QED) is 0.577. The number of guanidine groups is 1. The van der Waals surface area contributed by atoms with Gasteiger partial charge in [0.2, 0.25) is 0 Å². The van der Waals surface area contributed by atoms with E-state index in [1.165, 1.54) is 0 Å². The summed E-state index contributed by atoms with van der Waals surface area (Å²) in [5, 5.41) is 6.78. The van der Waals surface area contributed by atoms with Crippen molar-refractivity contribution in [3.8, 4) is 11.5 Å². The Labute approximate surface area is 161 Å². The minimum Gasteiger partial charge on any atom is -0.490 e. The van der Waals surface area contributed by atoms with Crippen molar-refractivity contribution < 1.29 is 13.9 Å². The standard InChI is InChI=1S/C21H29N3O3/c1-16(2)14-23-21(22-10-9-18-7-4-11-25-18)24-15-17-6-3-8-19-20(17)27-13-5-12-26-19/h3-4,6-8,11,16H,5,9-10,12-15H2,1-2H3,(H2,22,23,24). The van der Waals surface area contributed by atoms with Gasteiger partial charge in [-0.05, 0) is 24.1 Å². The lowest BCUT2D eigenvalue weighted by molar-refractivity contribution is 0.296. The van der Waals surface area contributed by atoms with Gasteiger partial charge in [-0.1, -0.05) is 26.0 Å². The molecular formula is C21H29N3O3. The van der Waals surface area contributed by atoms with Gasteiger partial charge in [0.25, 0.3) is 0 Å². The maximum Gasteiger partial charge on any atom is 0.191 e. The number of hydrogen-bond acceptors (Lipinski definition) is 4. The fourth-order valence-corrected chi connectivity index (χ4v) is 2.78. The number of hydrogen-bond donors (Lipinski definition) is 2. The molecule has 0 fully saturated rings. The molecule has 0 saturated carbocycles. The summed E-state index contributed by atoms with van der Waals surface area (Å²) in [5.41, 5.74) is 1.03. The predicted molar refractivity (Wildman–Crippen MR) is 106 cm³/mol. The van der Waals surface area contributed by atoms with Gasteiger partial charge in [-0.3, -0.25) is 0 Å². The summed E-state index contributed by atoms with van der Waals surface area (Å²) >= 11 is 0. The molecule has 0 saturated heterocycles. The van der Waals surface area contributed by atoms with Gasteiger partial charge < -0.3 is 24.5 Å². The summed E-state index contributed by atoms with van der Waals surface area (Å²) in [6, 6.07) is 9.87. The van der Waals surface area contributed by atoms with Crippen LogP contribution in [0.3, 0.4) is 0 Å². The summed E-state index contributed by atoms with van der Waals surface area (Å²) in [6.07, 6.45) is 3.41. The van der Waals surface area contributed by atoms with Crippen molar-refractivity contribution in [2.75, 3.05) is 26.3 Å². The molecule has 2 N–H and O–H groups in total. The second-order valence-corrected chi connectivity index (χ2v) is 6.99. The number of fused-ring (bicyclic) bond motifs is 1. The van der Waals surface area contributed by atoms with E-state index in [4.69, 9.17) is 18.9 Å². The zero-order chi connectivity index (χ0) is 18.9. The molecule has 0 radical (unpaired) electrons. The van der Waals surface area contributed by atoms with Gasteiger partial charge in [0, 0.05) is 31.5 Å². The van der Waals surface area contributed by atoms with Crippen molar-refractivity contribution in [1.82, 2.24) is 10.6 Å². The first-order valence-electron chi connectivity index (χ1n) is 9.64. The molecule has 6 nitrogen and oxygen atoms in total. The van der Waals surface area contributed by atoms with E-state index in [2.05, 4.69) is 24.5 Å². The normalized spacial score (nSPS) is 14.1. The van der Waals surface area contributed by atoms with Gasteiger partial charge in [0.05, 0.1) is 26.0 Å². The second-order valence-electron chi connectivity index (χ2n) is 6.99. The zero-order valence-electron chi connectivity index (χ0n) is 16.2. The highest BCUT2D eigenvalue weighted by Gasteiger charge is 2.14. The molecule has 1 aliphatic rings. The van der Waals surface area contributed by atoms with Gasteiger partial charge in [-0.15, -0.1) is 0 Å². The number of aliphatic imine (C=N–C) groups is 1. The smallest absolute Gasteiger partial charge is 0.191 e. The first-order valence-corrected chi connectivity index (χ1v) is 9.64. The van der Waals surface area contributed by atoms with Crippen LogP contribution < -0.4 is 20.1 Å². The molecule has 1 aliphatic heterocycles. The average molecular weight is 371 g/mol. The molecule has 0 atom stereocenters. The summed E-state index contributed by atoms with van der Waals surface area (Å²) in [5.74, 6) is 3.92. The highest BCUT2D eigenvalue weighted by atomic mass is 16.5. The van der Waals surface area contributed by atoms with Gasteiger partial charge in [0.15, 0.2) is 17.5 Å². The Kier molecular flexibility index (Phi) is 7.02. The molecule has 2 aromatic rings. The predicted octanol–water partition coefficient (Wildman–Crippen LogP) is 3.37. The van der Waals surface area contributed by atoms with Crippen LogP contribution >= 0.6 is 0 Å². The van der Waals surface area contributed by atoms with Crippen LogP contribution in [0.25, 0.3) is 0 Å². The first-order chi connectivity index (χ1) is 13.2. The minimum atomic E-state index is 0.528. The monoisotopic (exact) mass is 371 g/mol. The fourth-order valence-electron chi connectivity index (χ4n) is 2.78. The number of nitrogens with zero attached hydrogens (tertiary/aromatic N) is 1. The van der Waals surface area contributed by atoms with E-state index >= 15 is 0 Å². The average Bonchev–Trinajstić information content (AvgIpc) is 3.06. The third-order valence-corrected chi connectivity index (χ3v) is 4.18. The maximum absolute atomic E-state index is 5.89. The van der Waals surface area contributed by atoms with Crippen molar-refractivity contribution in [3.63, 3.8) is 0 Å². The molecule has 0 aliphatic carbocycles. The lowest BCUT2D eigenvalue weighted by Gasteiger charge is -2.15. The summed E-state index contributed by atoms with van der Waals surface area (Å²) in [7, 11) is 0. The summed E-state index contributed by atoms with van der Waals surface area (Å²) in [6.45, 7) is 7.86. The Morgan fingerprint density at radius 1 is 1.11 bits per heavy atom. The van der Waals surface area contributed by atoms with Gasteiger partial charge >= 0.3 is 0 Å². The Morgan fingerprint density at radius 3 is 2.81 bits per heavy atom. The molecular weight excluding hydrogens is 342 g/mol. The lowest BCUT2D eigenvalue weighted by atomic mass is 10.2. The van der Waals surface area contributed by atoms with Crippen LogP contribution in [-0.4, -0.2) is 32.3 Å². The molecule has 1 aromatic carbocycles. The van der Waals surface area contributed by atoms with Crippen LogP contribution in [0.2, 0.25) is 0 Å². The molecule has 1 aromatic heterocycles. The Balaban J connectivity index is 1.65. The number of para-hydroxylation sites is 1. The Morgan fingerprint density at radius 2 is 2.00 bits per heavy atom. The highest BCUT2D eigenvalue weighted by molar-refractivity contribution is 5.79. The van der Waals surface area contributed by atoms with Crippen molar-refractivity contribution in [3.05, 3.63) is 47.9 Å². The molecule has 146 valence electrons. The highest BCUT2D eigenvalue weighted by Crippen LogP contribution is 2.33. The molecule has 3 rings (SSSR count). The number of furan rings is 1. The largest absolute Gasteiger partial charge is 0.490 e. The molecule has 0 unspecified atom stereocenters. The van der Waals surface area contributed by atoms with Gasteiger partial charge in [-0.2, -0.15) is 0 Å². The van der Waals surface area contributed by atoms with Crippen LogP contribution in [0.4, 0.5) is 0 Å². The molecule has 0 spiro atoms. The van der Waals surface area contributed by atoms with Crippen LogP contribution in [-0.2, 0) is 13.0 Å². The van der Waals surface area contributed by atoms with Crippen molar-refractivity contribution in [2.45, 2.75) is 33.2 Å². The molecule has 2 heterocycles. The number of nitrogens with one attached hydrogen (secondary N) is 2. The number of benzene rings is 1. The van der Waals surface area contributed by atoms with Crippen molar-refractivity contribution in [1.29, 1.82) is 0 Å². The molecule has 0 amide bonds. The topological polar surface area (TPSA) is 68.0 Å². The SMILES string of the molecule is CC(C)CNC(=NCc1cccc2c1OCCCO2)NCCc1ccco1. The first kappa shape index (κ1) is 19.1. The Hall–Kier alpha value is -2.63. The fraction of sp³-hybridized carbons (Fsp3) is 0.476. The minimum absolute atomic E-state index is 0.528. The van der Waals surface area contributed by atoms with E-state index in [0.717, 1.165) is 54.7 Å². The van der Waals surface area contributed by atoms with E-state index in [9.17, 15) is 0 Å². The van der Waals surface area contributed by atoms with E-state index in [1.54, 1.807) is 6.26 Å². The van der Waals surface area contributed by atoms with Crippen molar-refractivity contribution >= 4 is 5.96 Å². The molecule has 6 heteroatoms. The van der Waals surface area contributed by atoms with Crippen molar-refractivity contribution in [2.24, 2.45) is 10.9 Å². The maximum atomic E-state index is 5.89.